The third kappa shape index (κ3) is 5.11. The molecule has 35 heavy (non-hydrogen) atoms. The zero-order chi connectivity index (χ0) is 24.2. The summed E-state index contributed by atoms with van der Waals surface area (Å²) in [4.78, 5) is 17.9. The summed E-state index contributed by atoms with van der Waals surface area (Å²) in [6, 6.07) is 29.5. The minimum atomic E-state index is -0.231. The molecule has 0 saturated heterocycles. The molecule has 0 spiro atoms. The highest BCUT2D eigenvalue weighted by Gasteiger charge is 2.12. The van der Waals surface area contributed by atoms with Crippen molar-refractivity contribution in [3.05, 3.63) is 129 Å². The molecular weight excluding hydrogens is 481 g/mol. The van der Waals surface area contributed by atoms with E-state index in [1.807, 2.05) is 78.9 Å². The highest BCUT2D eigenvalue weighted by molar-refractivity contribution is 6.35. The van der Waals surface area contributed by atoms with Gasteiger partial charge in [-0.1, -0.05) is 71.7 Å². The van der Waals surface area contributed by atoms with Crippen LogP contribution in [0.25, 0.3) is 22.3 Å². The third-order valence-electron chi connectivity index (χ3n) is 5.40. The molecule has 7 heteroatoms. The minimum absolute atomic E-state index is 0.231. The van der Waals surface area contributed by atoms with Crippen molar-refractivity contribution in [1.29, 1.82) is 0 Å². The highest BCUT2D eigenvalue weighted by Crippen LogP contribution is 2.23. The molecule has 0 unspecified atom stereocenters. The summed E-state index contributed by atoms with van der Waals surface area (Å²) in [5.41, 5.74) is 2.85. The number of rotatable bonds is 6. The average molecular weight is 500 g/mol. The molecule has 0 N–H and O–H groups in total. The molecule has 0 aliphatic carbocycles. The first-order valence-electron chi connectivity index (χ1n) is 10.9. The summed E-state index contributed by atoms with van der Waals surface area (Å²) in [5.74, 6) is 1.16. The number of fused-ring (bicyclic) bond motifs is 1. The van der Waals surface area contributed by atoms with Crippen LogP contribution in [0.3, 0.4) is 0 Å². The van der Waals surface area contributed by atoms with Gasteiger partial charge in [0, 0.05) is 21.2 Å². The summed E-state index contributed by atoms with van der Waals surface area (Å²) >= 11 is 12.2. The Bertz CT molecular complexity index is 1580. The van der Waals surface area contributed by atoms with E-state index in [1.54, 1.807) is 24.4 Å². The van der Waals surface area contributed by atoms with E-state index in [2.05, 4.69) is 5.10 Å². The van der Waals surface area contributed by atoms with Crippen LogP contribution in [0.4, 0.5) is 0 Å². The summed E-state index contributed by atoms with van der Waals surface area (Å²) < 4.78 is 7.18. The number of nitrogens with zero attached hydrogens (tertiary/aromatic N) is 3. The van der Waals surface area contributed by atoms with Gasteiger partial charge in [-0.25, -0.2) is 4.98 Å². The molecule has 1 aromatic heterocycles. The predicted molar refractivity (Wildman–Crippen MR) is 142 cm³/mol. The van der Waals surface area contributed by atoms with Crippen LogP contribution in [0.5, 0.6) is 5.75 Å². The predicted octanol–water partition coefficient (Wildman–Crippen LogP) is 6.83. The lowest BCUT2D eigenvalue weighted by atomic mass is 10.2. The van der Waals surface area contributed by atoms with Crippen molar-refractivity contribution in [3.8, 4) is 17.1 Å². The summed E-state index contributed by atoms with van der Waals surface area (Å²) in [6.45, 7) is 0.321. The number of hydrogen-bond donors (Lipinski definition) is 0. The monoisotopic (exact) mass is 499 g/mol. The van der Waals surface area contributed by atoms with Crippen molar-refractivity contribution in [1.82, 2.24) is 9.66 Å². The van der Waals surface area contributed by atoms with E-state index in [1.165, 1.54) is 4.68 Å². The molecule has 5 aromatic rings. The number of hydrogen-bond acceptors (Lipinski definition) is 4. The molecule has 1 heterocycles. The first-order chi connectivity index (χ1) is 17.1. The zero-order valence-electron chi connectivity index (χ0n) is 18.4. The van der Waals surface area contributed by atoms with Crippen molar-refractivity contribution in [2.45, 2.75) is 6.61 Å². The van der Waals surface area contributed by atoms with Crippen LogP contribution in [-0.2, 0) is 6.61 Å². The van der Waals surface area contributed by atoms with Crippen LogP contribution in [0, 0.1) is 0 Å². The first-order valence-corrected chi connectivity index (χ1v) is 11.6. The average Bonchev–Trinajstić information content (AvgIpc) is 2.89. The maximum absolute atomic E-state index is 13.2. The first kappa shape index (κ1) is 22.8. The second-order valence-corrected chi connectivity index (χ2v) is 8.62. The Morgan fingerprint density at radius 3 is 2.40 bits per heavy atom. The van der Waals surface area contributed by atoms with Gasteiger partial charge in [0.15, 0.2) is 5.82 Å². The van der Waals surface area contributed by atoms with Crippen molar-refractivity contribution in [2.75, 3.05) is 0 Å². The van der Waals surface area contributed by atoms with Crippen LogP contribution >= 0.6 is 23.2 Å². The van der Waals surface area contributed by atoms with Gasteiger partial charge in [0.05, 0.1) is 17.1 Å². The third-order valence-corrected chi connectivity index (χ3v) is 5.98. The topological polar surface area (TPSA) is 56.5 Å². The van der Waals surface area contributed by atoms with E-state index in [9.17, 15) is 4.79 Å². The van der Waals surface area contributed by atoms with Crippen molar-refractivity contribution < 1.29 is 4.74 Å². The maximum atomic E-state index is 13.2. The Kier molecular flexibility index (Phi) is 6.62. The van der Waals surface area contributed by atoms with Crippen LogP contribution in [0.2, 0.25) is 10.0 Å². The Morgan fingerprint density at radius 2 is 1.63 bits per heavy atom. The SMILES string of the molecule is O=c1c2ccccc2nc(-c2ccccc2)n1N=Cc1ccc(OCc2ccc(Cl)cc2Cl)cc1. The molecule has 0 atom stereocenters. The number of halogens is 2. The normalized spacial score (nSPS) is 11.3. The van der Waals surface area contributed by atoms with Crippen LogP contribution in [0.1, 0.15) is 11.1 Å². The fraction of sp³-hybridized carbons (Fsp3) is 0.0357. The second-order valence-electron chi connectivity index (χ2n) is 7.77. The Balaban J connectivity index is 1.41. The molecule has 172 valence electrons. The lowest BCUT2D eigenvalue weighted by molar-refractivity contribution is 0.306. The number of aromatic nitrogens is 2. The summed E-state index contributed by atoms with van der Waals surface area (Å²) in [5, 5.41) is 6.14. The molecular formula is C28H19Cl2N3O2. The molecule has 0 fully saturated rings. The molecule has 4 aromatic carbocycles. The largest absolute Gasteiger partial charge is 0.489 e. The molecule has 0 bridgehead atoms. The van der Waals surface area contributed by atoms with Gasteiger partial charge in [0.2, 0.25) is 0 Å². The fourth-order valence-electron chi connectivity index (χ4n) is 3.58. The smallest absolute Gasteiger partial charge is 0.282 e. The van der Waals surface area contributed by atoms with Gasteiger partial charge in [-0.05, 0) is 54.1 Å². The van der Waals surface area contributed by atoms with Gasteiger partial charge < -0.3 is 4.74 Å². The number of ether oxygens (including phenoxy) is 1. The van der Waals surface area contributed by atoms with Crippen LogP contribution < -0.4 is 10.3 Å². The fourth-order valence-corrected chi connectivity index (χ4v) is 4.04. The van der Waals surface area contributed by atoms with E-state index in [-0.39, 0.29) is 5.56 Å². The van der Waals surface area contributed by atoms with Crippen molar-refractivity contribution >= 4 is 40.3 Å². The van der Waals surface area contributed by atoms with Gasteiger partial charge in [-0.3, -0.25) is 4.79 Å². The second kappa shape index (κ2) is 10.1. The molecule has 0 aliphatic heterocycles. The van der Waals surface area contributed by atoms with E-state index in [4.69, 9.17) is 32.9 Å². The number of para-hydroxylation sites is 1. The van der Waals surface area contributed by atoms with Gasteiger partial charge in [-0.15, -0.1) is 0 Å². The van der Waals surface area contributed by atoms with Gasteiger partial charge in [0.1, 0.15) is 12.4 Å². The standard InChI is InChI=1S/C28H19Cl2N3O2/c29-22-13-12-21(25(30)16-22)18-35-23-14-10-19(11-15-23)17-31-33-27(20-6-2-1-3-7-20)32-26-9-5-4-8-24(26)28(33)34/h1-17H,18H2. The van der Waals surface area contributed by atoms with Gasteiger partial charge in [0.25, 0.3) is 5.56 Å². The Hall–Kier alpha value is -3.93. The Labute approximate surface area is 211 Å². The van der Waals surface area contributed by atoms with E-state index in [0.29, 0.717) is 39.1 Å². The van der Waals surface area contributed by atoms with E-state index >= 15 is 0 Å². The summed E-state index contributed by atoms with van der Waals surface area (Å²) in [6.07, 6.45) is 1.63. The van der Waals surface area contributed by atoms with Crippen LogP contribution in [0.15, 0.2) is 107 Å². The lowest BCUT2D eigenvalue weighted by Gasteiger charge is -2.10. The van der Waals surface area contributed by atoms with E-state index in [0.717, 1.165) is 16.7 Å². The van der Waals surface area contributed by atoms with E-state index < -0.39 is 0 Å². The molecule has 0 aliphatic rings. The van der Waals surface area contributed by atoms with Crippen molar-refractivity contribution in [3.63, 3.8) is 0 Å². The van der Waals surface area contributed by atoms with Crippen LogP contribution in [-0.4, -0.2) is 15.9 Å². The zero-order valence-corrected chi connectivity index (χ0v) is 19.9. The lowest BCUT2D eigenvalue weighted by Crippen LogP contribution is -2.20. The molecule has 0 radical (unpaired) electrons. The molecule has 0 saturated carbocycles. The molecule has 5 rings (SSSR count). The highest BCUT2D eigenvalue weighted by atomic mass is 35.5. The Morgan fingerprint density at radius 1 is 0.886 bits per heavy atom. The van der Waals surface area contributed by atoms with Gasteiger partial charge in [-0.2, -0.15) is 9.78 Å². The molecule has 0 amide bonds. The maximum Gasteiger partial charge on any atom is 0.282 e. The molecule has 5 nitrogen and oxygen atoms in total. The number of benzene rings is 4. The summed E-state index contributed by atoms with van der Waals surface area (Å²) in [7, 11) is 0. The minimum Gasteiger partial charge on any atom is -0.489 e. The van der Waals surface area contributed by atoms with Crippen molar-refractivity contribution in [2.24, 2.45) is 5.10 Å². The quantitative estimate of drug-likeness (QED) is 0.240. The van der Waals surface area contributed by atoms with Gasteiger partial charge >= 0.3 is 0 Å².